The van der Waals surface area contributed by atoms with Gasteiger partial charge in [0.2, 0.25) is 0 Å². The van der Waals surface area contributed by atoms with Crippen LogP contribution in [0.5, 0.6) is 0 Å². The highest BCUT2D eigenvalue weighted by Gasteiger charge is 2.15. The normalized spacial score (nSPS) is 8.59. The first-order chi connectivity index (χ1) is 7.81. The van der Waals surface area contributed by atoms with Gasteiger partial charge >= 0.3 is 0 Å². The Morgan fingerprint density at radius 3 is 1.41 bits per heavy atom. The van der Waals surface area contributed by atoms with Crippen LogP contribution in [0.3, 0.4) is 0 Å². The van der Waals surface area contributed by atoms with Crippen molar-refractivity contribution in [2.45, 2.75) is 60.4 Å². The van der Waals surface area contributed by atoms with E-state index in [2.05, 4.69) is 46.0 Å². The summed E-state index contributed by atoms with van der Waals surface area (Å²) in [5.74, 6) is 0. The fourth-order valence-electron chi connectivity index (χ4n) is 0.343. The first kappa shape index (κ1) is 25.3. The molecule has 0 bridgehead atoms. The molecular formula is C14H35N3. The van der Waals surface area contributed by atoms with Crippen LogP contribution in [-0.2, 0) is 0 Å². The van der Waals surface area contributed by atoms with Gasteiger partial charge in [-0.15, -0.1) is 0 Å². The molecule has 0 unspecified atom stereocenters. The molecule has 17 heavy (non-hydrogen) atoms. The monoisotopic (exact) mass is 245 g/mol. The van der Waals surface area contributed by atoms with Gasteiger partial charge in [-0.1, -0.05) is 34.1 Å². The Morgan fingerprint density at radius 2 is 1.35 bits per heavy atom. The summed E-state index contributed by atoms with van der Waals surface area (Å²) in [6.07, 6.45) is 1.25. The van der Waals surface area contributed by atoms with E-state index in [9.17, 15) is 0 Å². The molecule has 0 amide bonds. The number of nitrogens with zero attached hydrogens (tertiary/aromatic N) is 2. The van der Waals surface area contributed by atoms with Gasteiger partial charge in [-0.25, -0.2) is 0 Å². The minimum Gasteiger partial charge on any atom is -0.323 e. The maximum Gasteiger partial charge on any atom is 0.0867 e. The molecule has 0 aliphatic heterocycles. The van der Waals surface area contributed by atoms with Gasteiger partial charge in [-0.05, 0) is 41.9 Å². The quantitative estimate of drug-likeness (QED) is 0.718. The van der Waals surface area contributed by atoms with Crippen LogP contribution in [0.4, 0.5) is 0 Å². The average Bonchev–Trinajstić information content (AvgIpc) is 2.22. The van der Waals surface area contributed by atoms with E-state index in [1.165, 1.54) is 6.42 Å². The molecule has 3 nitrogen and oxygen atoms in total. The molecule has 0 rings (SSSR count). The van der Waals surface area contributed by atoms with Crippen LogP contribution < -0.4 is 5.32 Å². The van der Waals surface area contributed by atoms with Gasteiger partial charge in [0.15, 0.2) is 0 Å². The molecule has 0 saturated carbocycles. The minimum atomic E-state index is 0.121. The molecular weight excluding hydrogens is 210 g/mol. The zero-order chi connectivity index (χ0) is 14.9. The second-order valence-corrected chi connectivity index (χ2v) is 4.39. The minimum absolute atomic E-state index is 0.121. The Morgan fingerprint density at radius 1 is 1.12 bits per heavy atom. The van der Waals surface area contributed by atoms with Crippen molar-refractivity contribution in [2.75, 3.05) is 27.7 Å². The SMILES string of the molecule is CC.CCC.CN(CC#N)C(C)(C)C.CNC. The highest BCUT2D eigenvalue weighted by molar-refractivity contribution is 4.82. The van der Waals surface area contributed by atoms with Crippen LogP contribution in [0.15, 0.2) is 0 Å². The molecule has 0 heterocycles. The summed E-state index contributed by atoms with van der Waals surface area (Å²) >= 11 is 0. The van der Waals surface area contributed by atoms with E-state index in [1.807, 2.05) is 39.9 Å². The predicted octanol–water partition coefficient (Wildman–Crippen LogP) is 3.52. The summed E-state index contributed by atoms with van der Waals surface area (Å²) in [7, 11) is 5.70. The molecule has 1 N–H and O–H groups in total. The first-order valence-corrected chi connectivity index (χ1v) is 6.48. The van der Waals surface area contributed by atoms with Crippen LogP contribution in [0.1, 0.15) is 54.9 Å². The zero-order valence-corrected chi connectivity index (χ0v) is 13.8. The fraction of sp³-hybridized carbons (Fsp3) is 0.929. The molecule has 0 aromatic carbocycles. The summed E-state index contributed by atoms with van der Waals surface area (Å²) in [6, 6.07) is 2.10. The topological polar surface area (TPSA) is 39.1 Å². The number of hydrogen-bond acceptors (Lipinski definition) is 3. The summed E-state index contributed by atoms with van der Waals surface area (Å²) in [5, 5.41) is 11.1. The Hall–Kier alpha value is -0.590. The molecule has 0 aromatic heterocycles. The lowest BCUT2D eigenvalue weighted by molar-refractivity contribution is 0.198. The molecule has 0 aromatic rings. The Labute approximate surface area is 110 Å². The lowest BCUT2D eigenvalue weighted by Crippen LogP contribution is -2.38. The number of nitriles is 1. The third-order valence-corrected chi connectivity index (χ3v) is 1.45. The molecule has 3 heteroatoms. The summed E-state index contributed by atoms with van der Waals surface area (Å²) < 4.78 is 0. The van der Waals surface area contributed by atoms with E-state index in [0.717, 1.165) is 0 Å². The number of rotatable bonds is 1. The van der Waals surface area contributed by atoms with Crippen LogP contribution in [-0.4, -0.2) is 38.1 Å². The van der Waals surface area contributed by atoms with E-state index >= 15 is 0 Å². The van der Waals surface area contributed by atoms with E-state index in [0.29, 0.717) is 6.54 Å². The summed E-state index contributed by atoms with van der Waals surface area (Å²) in [5.41, 5.74) is 0.121. The Balaban J connectivity index is -0.0000000879. The van der Waals surface area contributed by atoms with Crippen molar-refractivity contribution in [3.05, 3.63) is 0 Å². The van der Waals surface area contributed by atoms with E-state index < -0.39 is 0 Å². The van der Waals surface area contributed by atoms with Crippen molar-refractivity contribution in [1.82, 2.24) is 10.2 Å². The van der Waals surface area contributed by atoms with E-state index in [1.54, 1.807) is 0 Å². The lowest BCUT2D eigenvalue weighted by atomic mass is 10.1. The maximum absolute atomic E-state index is 8.31. The number of nitrogens with one attached hydrogen (secondary N) is 1. The maximum atomic E-state index is 8.31. The molecule has 0 aliphatic rings. The van der Waals surface area contributed by atoms with Gasteiger partial charge in [-0.2, -0.15) is 5.26 Å². The van der Waals surface area contributed by atoms with Crippen molar-refractivity contribution in [3.63, 3.8) is 0 Å². The highest BCUT2D eigenvalue weighted by atomic mass is 15.1. The van der Waals surface area contributed by atoms with Gasteiger partial charge in [0.05, 0.1) is 12.6 Å². The molecule has 0 spiro atoms. The van der Waals surface area contributed by atoms with Gasteiger partial charge in [0.25, 0.3) is 0 Å². The predicted molar refractivity (Wildman–Crippen MR) is 80.3 cm³/mol. The largest absolute Gasteiger partial charge is 0.323 e. The first-order valence-electron chi connectivity index (χ1n) is 6.48. The molecule has 0 aliphatic carbocycles. The van der Waals surface area contributed by atoms with Crippen molar-refractivity contribution in [3.8, 4) is 6.07 Å². The third kappa shape index (κ3) is 39.2. The van der Waals surface area contributed by atoms with Crippen LogP contribution in [0.25, 0.3) is 0 Å². The van der Waals surface area contributed by atoms with Crippen LogP contribution in [0, 0.1) is 11.3 Å². The Kier molecular flexibility index (Phi) is 30.9. The van der Waals surface area contributed by atoms with E-state index in [-0.39, 0.29) is 5.54 Å². The second-order valence-electron chi connectivity index (χ2n) is 4.39. The van der Waals surface area contributed by atoms with Crippen LogP contribution in [0.2, 0.25) is 0 Å². The second kappa shape index (κ2) is 20.8. The fourth-order valence-corrected chi connectivity index (χ4v) is 0.343. The molecule has 0 atom stereocenters. The average molecular weight is 245 g/mol. The molecule has 0 radical (unpaired) electrons. The summed E-state index contributed by atoms with van der Waals surface area (Å²) in [4.78, 5) is 2.01. The van der Waals surface area contributed by atoms with Crippen molar-refractivity contribution >= 4 is 0 Å². The third-order valence-electron chi connectivity index (χ3n) is 1.45. The van der Waals surface area contributed by atoms with E-state index in [4.69, 9.17) is 5.26 Å². The smallest absolute Gasteiger partial charge is 0.0867 e. The van der Waals surface area contributed by atoms with Gasteiger partial charge in [0, 0.05) is 5.54 Å². The molecule has 0 fully saturated rings. The van der Waals surface area contributed by atoms with Gasteiger partial charge in [-0.3, -0.25) is 4.90 Å². The van der Waals surface area contributed by atoms with Crippen molar-refractivity contribution in [1.29, 1.82) is 5.26 Å². The van der Waals surface area contributed by atoms with Crippen LogP contribution >= 0.6 is 0 Å². The number of hydrogen-bond donors (Lipinski definition) is 1. The molecule has 0 saturated heterocycles. The van der Waals surface area contributed by atoms with Crippen molar-refractivity contribution in [2.24, 2.45) is 0 Å². The Bertz CT molecular complexity index is 141. The lowest BCUT2D eigenvalue weighted by Gasteiger charge is -2.29. The standard InChI is InChI=1S/C7H14N2.C3H8.C2H7N.C2H6/c1-7(2,3)9(4)6-5-8;2*1-3-2;1-2/h6H2,1-4H3;3H2,1-2H3;3H,1-2H3;1-2H3. The molecule has 106 valence electrons. The summed E-state index contributed by atoms with van der Waals surface area (Å²) in [6.45, 7) is 15.0. The highest BCUT2D eigenvalue weighted by Crippen LogP contribution is 2.08. The van der Waals surface area contributed by atoms with Gasteiger partial charge < -0.3 is 5.32 Å². The van der Waals surface area contributed by atoms with Gasteiger partial charge in [0.1, 0.15) is 0 Å². The van der Waals surface area contributed by atoms with Crippen molar-refractivity contribution < 1.29 is 0 Å². The zero-order valence-electron chi connectivity index (χ0n) is 13.8.